The molecule has 1 aromatic heterocycles. The Balaban J connectivity index is 1.45. The number of aromatic nitrogens is 2. The molecule has 1 N–H and O–H groups in total. The van der Waals surface area contributed by atoms with Crippen molar-refractivity contribution >= 4 is 34.3 Å². The van der Waals surface area contributed by atoms with Gasteiger partial charge in [-0.25, -0.2) is 4.98 Å². The maximum Gasteiger partial charge on any atom is 0.292 e. The summed E-state index contributed by atoms with van der Waals surface area (Å²) >= 11 is 0. The van der Waals surface area contributed by atoms with Gasteiger partial charge in [0.15, 0.2) is 0 Å². The van der Waals surface area contributed by atoms with Crippen molar-refractivity contribution in [3.8, 4) is 0 Å². The SMILES string of the molecule is CCCn1c(NC(=O)C2CCN(c3ccccc3[N+](=O)[O-])CC2)nc2ccccc21. The highest BCUT2D eigenvalue weighted by atomic mass is 16.6. The summed E-state index contributed by atoms with van der Waals surface area (Å²) in [6, 6.07) is 14.6. The summed E-state index contributed by atoms with van der Waals surface area (Å²) in [6.07, 6.45) is 2.23. The zero-order valence-corrected chi connectivity index (χ0v) is 17.0. The highest BCUT2D eigenvalue weighted by Crippen LogP contribution is 2.31. The third-order valence-corrected chi connectivity index (χ3v) is 5.62. The highest BCUT2D eigenvalue weighted by Gasteiger charge is 2.29. The van der Waals surface area contributed by atoms with E-state index in [4.69, 9.17) is 0 Å². The number of nitro groups is 1. The van der Waals surface area contributed by atoms with Crippen molar-refractivity contribution in [3.05, 3.63) is 58.6 Å². The van der Waals surface area contributed by atoms with E-state index in [0.29, 0.717) is 37.6 Å². The van der Waals surface area contributed by atoms with E-state index in [1.807, 2.05) is 29.2 Å². The number of nitrogens with one attached hydrogen (secondary N) is 1. The average Bonchev–Trinajstić information content (AvgIpc) is 3.11. The molecule has 0 spiro atoms. The van der Waals surface area contributed by atoms with Gasteiger partial charge in [-0.2, -0.15) is 0 Å². The quantitative estimate of drug-likeness (QED) is 0.488. The molecule has 0 radical (unpaired) electrons. The first-order valence-electron chi connectivity index (χ1n) is 10.3. The van der Waals surface area contributed by atoms with Crippen LogP contribution < -0.4 is 10.2 Å². The molecule has 0 unspecified atom stereocenters. The molecule has 1 aliphatic rings. The first-order valence-corrected chi connectivity index (χ1v) is 10.3. The van der Waals surface area contributed by atoms with E-state index in [-0.39, 0.29) is 22.4 Å². The van der Waals surface area contributed by atoms with Crippen LogP contribution in [0.3, 0.4) is 0 Å². The van der Waals surface area contributed by atoms with Crippen LogP contribution in [0.25, 0.3) is 11.0 Å². The molecule has 0 bridgehead atoms. The zero-order chi connectivity index (χ0) is 21.1. The Bertz CT molecular complexity index is 1070. The average molecular weight is 407 g/mol. The second-order valence-electron chi connectivity index (χ2n) is 7.57. The number of hydrogen-bond donors (Lipinski definition) is 1. The minimum absolute atomic E-state index is 0.0372. The van der Waals surface area contributed by atoms with Gasteiger partial charge in [-0.15, -0.1) is 0 Å². The molecule has 3 aromatic rings. The van der Waals surface area contributed by atoms with Crippen molar-refractivity contribution in [3.63, 3.8) is 0 Å². The van der Waals surface area contributed by atoms with E-state index >= 15 is 0 Å². The lowest BCUT2D eigenvalue weighted by atomic mass is 9.95. The zero-order valence-electron chi connectivity index (χ0n) is 17.0. The van der Waals surface area contributed by atoms with Crippen LogP contribution in [-0.2, 0) is 11.3 Å². The fraction of sp³-hybridized carbons (Fsp3) is 0.364. The van der Waals surface area contributed by atoms with E-state index in [9.17, 15) is 14.9 Å². The van der Waals surface area contributed by atoms with Crippen LogP contribution in [0.4, 0.5) is 17.3 Å². The number of piperidine rings is 1. The van der Waals surface area contributed by atoms with E-state index in [0.717, 1.165) is 24.0 Å². The van der Waals surface area contributed by atoms with Crippen LogP contribution in [0.2, 0.25) is 0 Å². The number of hydrogen-bond acceptors (Lipinski definition) is 5. The minimum Gasteiger partial charge on any atom is -0.366 e. The number of rotatable bonds is 6. The number of para-hydroxylation sites is 4. The third-order valence-electron chi connectivity index (χ3n) is 5.62. The number of imidazole rings is 1. The molecular formula is C22H25N5O3. The molecule has 30 heavy (non-hydrogen) atoms. The van der Waals surface area contributed by atoms with Crippen LogP contribution in [0.1, 0.15) is 26.2 Å². The molecule has 156 valence electrons. The maximum atomic E-state index is 12.9. The maximum absolute atomic E-state index is 12.9. The van der Waals surface area contributed by atoms with Crippen molar-refractivity contribution in [1.29, 1.82) is 0 Å². The summed E-state index contributed by atoms with van der Waals surface area (Å²) in [4.78, 5) is 30.5. The first-order chi connectivity index (χ1) is 14.6. The number of benzene rings is 2. The number of anilines is 2. The number of nitro benzene ring substituents is 1. The number of nitrogens with zero attached hydrogens (tertiary/aromatic N) is 4. The van der Waals surface area contributed by atoms with E-state index in [1.165, 1.54) is 6.07 Å². The van der Waals surface area contributed by atoms with Gasteiger partial charge in [-0.1, -0.05) is 31.2 Å². The topological polar surface area (TPSA) is 93.3 Å². The second-order valence-corrected chi connectivity index (χ2v) is 7.57. The monoisotopic (exact) mass is 407 g/mol. The van der Waals surface area contributed by atoms with Gasteiger partial charge >= 0.3 is 0 Å². The number of carbonyl (C=O) groups is 1. The summed E-state index contributed by atoms with van der Waals surface area (Å²) < 4.78 is 2.05. The Morgan fingerprint density at radius 1 is 1.17 bits per heavy atom. The number of aryl methyl sites for hydroxylation is 1. The Morgan fingerprint density at radius 3 is 2.60 bits per heavy atom. The summed E-state index contributed by atoms with van der Waals surface area (Å²) in [5.74, 6) is 0.410. The normalized spacial score (nSPS) is 14.8. The lowest BCUT2D eigenvalue weighted by Crippen LogP contribution is -2.38. The van der Waals surface area contributed by atoms with E-state index in [2.05, 4.69) is 21.8 Å². The van der Waals surface area contributed by atoms with Crippen LogP contribution in [-0.4, -0.2) is 33.5 Å². The summed E-state index contributed by atoms with van der Waals surface area (Å²) in [6.45, 7) is 4.09. The first kappa shape index (κ1) is 19.9. The molecule has 2 heterocycles. The van der Waals surface area contributed by atoms with Gasteiger partial charge in [0.1, 0.15) is 5.69 Å². The lowest BCUT2D eigenvalue weighted by molar-refractivity contribution is -0.384. The van der Waals surface area contributed by atoms with Crippen molar-refractivity contribution in [2.24, 2.45) is 5.92 Å². The third kappa shape index (κ3) is 3.85. The predicted molar refractivity (Wildman–Crippen MR) is 117 cm³/mol. The van der Waals surface area contributed by atoms with Crippen molar-refractivity contribution in [1.82, 2.24) is 9.55 Å². The molecule has 1 amide bonds. The molecule has 8 nitrogen and oxygen atoms in total. The van der Waals surface area contributed by atoms with Crippen LogP contribution >= 0.6 is 0 Å². The van der Waals surface area contributed by atoms with Gasteiger partial charge in [-0.05, 0) is 37.5 Å². The molecule has 0 saturated carbocycles. The minimum atomic E-state index is -0.355. The van der Waals surface area contributed by atoms with Crippen molar-refractivity contribution in [2.45, 2.75) is 32.7 Å². The number of amides is 1. The van der Waals surface area contributed by atoms with Gasteiger partial charge in [0.25, 0.3) is 5.69 Å². The van der Waals surface area contributed by atoms with Crippen molar-refractivity contribution < 1.29 is 9.72 Å². The fourth-order valence-electron chi connectivity index (χ4n) is 4.10. The fourth-order valence-corrected chi connectivity index (χ4v) is 4.10. The number of carbonyl (C=O) groups excluding carboxylic acids is 1. The van der Waals surface area contributed by atoms with Crippen LogP contribution in [0.15, 0.2) is 48.5 Å². The predicted octanol–water partition coefficient (Wildman–Crippen LogP) is 4.21. The molecule has 1 fully saturated rings. The Kier molecular flexibility index (Phi) is 5.65. The Labute approximate surface area is 174 Å². The van der Waals surface area contributed by atoms with Gasteiger partial charge in [0.05, 0.1) is 16.0 Å². The second kappa shape index (κ2) is 8.52. The summed E-state index contributed by atoms with van der Waals surface area (Å²) in [5, 5.41) is 14.3. The van der Waals surface area contributed by atoms with Gasteiger partial charge < -0.3 is 9.47 Å². The Morgan fingerprint density at radius 2 is 1.87 bits per heavy atom. The number of fused-ring (bicyclic) bond motifs is 1. The molecule has 1 saturated heterocycles. The molecular weight excluding hydrogens is 382 g/mol. The molecule has 8 heteroatoms. The molecule has 0 aliphatic carbocycles. The molecule has 4 rings (SSSR count). The smallest absolute Gasteiger partial charge is 0.292 e. The van der Waals surface area contributed by atoms with Gasteiger partial charge in [0.2, 0.25) is 11.9 Å². The van der Waals surface area contributed by atoms with Gasteiger partial charge in [0, 0.05) is 31.6 Å². The summed E-state index contributed by atoms with van der Waals surface area (Å²) in [7, 11) is 0. The molecule has 1 aliphatic heterocycles. The van der Waals surface area contributed by atoms with Crippen LogP contribution in [0, 0.1) is 16.0 Å². The summed E-state index contributed by atoms with van der Waals surface area (Å²) in [5.41, 5.74) is 2.60. The molecule has 2 aromatic carbocycles. The highest BCUT2D eigenvalue weighted by molar-refractivity contribution is 5.93. The molecule has 0 atom stereocenters. The van der Waals surface area contributed by atoms with Gasteiger partial charge in [-0.3, -0.25) is 20.2 Å². The van der Waals surface area contributed by atoms with E-state index < -0.39 is 0 Å². The lowest BCUT2D eigenvalue weighted by Gasteiger charge is -2.32. The van der Waals surface area contributed by atoms with Crippen LogP contribution in [0.5, 0.6) is 0 Å². The van der Waals surface area contributed by atoms with E-state index in [1.54, 1.807) is 18.2 Å². The standard InChI is InChI=1S/C22H25N5O3/c1-2-13-26-18-8-4-3-7-17(18)23-22(26)24-21(28)16-11-14-25(15-12-16)19-9-5-6-10-20(19)27(29)30/h3-10,16H,2,11-15H2,1H3,(H,23,24,28). The van der Waals surface area contributed by atoms with Crippen molar-refractivity contribution in [2.75, 3.05) is 23.3 Å². The Hall–Kier alpha value is -3.42. The largest absolute Gasteiger partial charge is 0.366 e.